The van der Waals surface area contributed by atoms with Gasteiger partial charge in [0.05, 0.1) is 12.0 Å². The van der Waals surface area contributed by atoms with Crippen molar-refractivity contribution in [2.24, 2.45) is 7.05 Å². The van der Waals surface area contributed by atoms with Crippen molar-refractivity contribution in [1.82, 2.24) is 14.5 Å². The number of hydrogen-bond donors (Lipinski definition) is 0. The van der Waals surface area contributed by atoms with Crippen LogP contribution in [0.1, 0.15) is 24.1 Å². The first-order valence-corrected chi connectivity index (χ1v) is 7.61. The van der Waals surface area contributed by atoms with Crippen molar-refractivity contribution in [2.75, 3.05) is 13.1 Å². The Kier molecular flexibility index (Phi) is 4.25. The van der Waals surface area contributed by atoms with Crippen LogP contribution in [0.25, 0.3) is 0 Å². The van der Waals surface area contributed by atoms with Gasteiger partial charge in [0.2, 0.25) is 0 Å². The van der Waals surface area contributed by atoms with Crippen molar-refractivity contribution in [3.63, 3.8) is 0 Å². The van der Waals surface area contributed by atoms with Crippen LogP contribution in [-0.2, 0) is 13.6 Å². The number of rotatable bonds is 4. The van der Waals surface area contributed by atoms with Gasteiger partial charge in [-0.1, -0.05) is 17.7 Å². The molecule has 0 radical (unpaired) electrons. The predicted molar refractivity (Wildman–Crippen MR) is 83.3 cm³/mol. The van der Waals surface area contributed by atoms with Gasteiger partial charge in [0, 0.05) is 32.9 Å². The Morgan fingerprint density at radius 1 is 1.19 bits per heavy atom. The number of nitrogens with zero attached hydrogens (tertiary/aromatic N) is 3. The summed E-state index contributed by atoms with van der Waals surface area (Å²) in [6.07, 6.45) is 6.46. The van der Waals surface area contributed by atoms with E-state index in [0.717, 1.165) is 43.9 Å². The molecule has 0 aliphatic carbocycles. The smallest absolute Gasteiger partial charge is 0.119 e. The molecule has 2 aromatic rings. The molecule has 4 nitrogen and oxygen atoms in total. The van der Waals surface area contributed by atoms with E-state index in [-0.39, 0.29) is 0 Å². The first-order valence-electron chi connectivity index (χ1n) is 7.61. The van der Waals surface area contributed by atoms with Gasteiger partial charge in [-0.05, 0) is 31.9 Å². The predicted octanol–water partition coefficient (Wildman–Crippen LogP) is 2.77. The number of hydrogen-bond acceptors (Lipinski definition) is 3. The minimum atomic E-state index is 0.340. The number of benzene rings is 1. The lowest BCUT2D eigenvalue weighted by Crippen LogP contribution is -2.37. The molecule has 0 atom stereocenters. The Balaban J connectivity index is 1.47. The minimum absolute atomic E-state index is 0.340. The van der Waals surface area contributed by atoms with Crippen LogP contribution in [0.15, 0.2) is 36.8 Å². The average molecular weight is 285 g/mol. The summed E-state index contributed by atoms with van der Waals surface area (Å²) >= 11 is 0. The second-order valence-corrected chi connectivity index (χ2v) is 5.94. The zero-order chi connectivity index (χ0) is 14.7. The number of imidazole rings is 1. The lowest BCUT2D eigenvalue weighted by Gasteiger charge is -2.31. The highest BCUT2D eigenvalue weighted by atomic mass is 16.5. The molecule has 1 aromatic carbocycles. The molecule has 1 aliphatic heterocycles. The zero-order valence-electron chi connectivity index (χ0n) is 12.8. The fraction of sp³-hybridized carbons (Fsp3) is 0.471. The SMILES string of the molecule is Cc1ccc(OC2CCN(Cc3cn(C)cn3)CC2)cc1. The molecular formula is C17H23N3O. The van der Waals surface area contributed by atoms with Crippen molar-refractivity contribution in [2.45, 2.75) is 32.4 Å². The van der Waals surface area contributed by atoms with E-state index in [2.05, 4.69) is 47.3 Å². The lowest BCUT2D eigenvalue weighted by molar-refractivity contribution is 0.0962. The van der Waals surface area contributed by atoms with Crippen molar-refractivity contribution in [3.8, 4) is 5.75 Å². The standard InChI is InChI=1S/C17H23N3O/c1-14-3-5-16(6-4-14)21-17-7-9-20(10-8-17)12-15-11-19(2)13-18-15/h3-6,11,13,17H,7-10,12H2,1-2H3. The van der Waals surface area contributed by atoms with Gasteiger partial charge in [-0.15, -0.1) is 0 Å². The fourth-order valence-corrected chi connectivity index (χ4v) is 2.77. The Bertz CT molecular complexity index is 568. The summed E-state index contributed by atoms with van der Waals surface area (Å²) in [6, 6.07) is 8.34. The third-order valence-corrected chi connectivity index (χ3v) is 4.00. The minimum Gasteiger partial charge on any atom is -0.490 e. The summed E-state index contributed by atoms with van der Waals surface area (Å²) in [5.41, 5.74) is 2.42. The van der Waals surface area contributed by atoms with Crippen molar-refractivity contribution in [3.05, 3.63) is 48.0 Å². The van der Waals surface area contributed by atoms with Gasteiger partial charge < -0.3 is 9.30 Å². The molecular weight excluding hydrogens is 262 g/mol. The summed E-state index contributed by atoms with van der Waals surface area (Å²) in [6.45, 7) is 5.19. The van der Waals surface area contributed by atoms with Gasteiger partial charge in [0.1, 0.15) is 11.9 Å². The van der Waals surface area contributed by atoms with Crippen LogP contribution in [0.2, 0.25) is 0 Å². The molecule has 3 rings (SSSR count). The fourth-order valence-electron chi connectivity index (χ4n) is 2.77. The van der Waals surface area contributed by atoms with Crippen LogP contribution in [0.3, 0.4) is 0 Å². The van der Waals surface area contributed by atoms with E-state index in [0.29, 0.717) is 6.10 Å². The molecule has 0 amide bonds. The highest BCUT2D eigenvalue weighted by Gasteiger charge is 2.21. The third kappa shape index (κ3) is 3.85. The van der Waals surface area contributed by atoms with Gasteiger partial charge in [0.15, 0.2) is 0 Å². The number of piperidine rings is 1. The van der Waals surface area contributed by atoms with Crippen LogP contribution in [-0.4, -0.2) is 33.6 Å². The van der Waals surface area contributed by atoms with Crippen LogP contribution >= 0.6 is 0 Å². The quantitative estimate of drug-likeness (QED) is 0.865. The Labute approximate surface area is 126 Å². The molecule has 4 heteroatoms. The molecule has 0 bridgehead atoms. The van der Waals surface area contributed by atoms with E-state index >= 15 is 0 Å². The van der Waals surface area contributed by atoms with E-state index in [1.807, 2.05) is 17.9 Å². The van der Waals surface area contributed by atoms with Crippen molar-refractivity contribution in [1.29, 1.82) is 0 Å². The monoisotopic (exact) mass is 285 g/mol. The topological polar surface area (TPSA) is 30.3 Å². The van der Waals surface area contributed by atoms with Gasteiger partial charge in [-0.25, -0.2) is 4.98 Å². The second-order valence-electron chi connectivity index (χ2n) is 5.94. The molecule has 0 N–H and O–H groups in total. The summed E-state index contributed by atoms with van der Waals surface area (Å²) in [4.78, 5) is 6.85. The molecule has 1 aromatic heterocycles. The average Bonchev–Trinajstić information content (AvgIpc) is 2.89. The normalized spacial score (nSPS) is 17.0. The van der Waals surface area contributed by atoms with E-state index in [1.165, 1.54) is 5.56 Å². The summed E-state index contributed by atoms with van der Waals surface area (Å²) in [5, 5.41) is 0. The number of aryl methyl sites for hydroxylation is 2. The molecule has 21 heavy (non-hydrogen) atoms. The summed E-state index contributed by atoms with van der Waals surface area (Å²) in [5.74, 6) is 0.990. The molecule has 1 aliphatic rings. The van der Waals surface area contributed by atoms with Crippen molar-refractivity contribution >= 4 is 0 Å². The van der Waals surface area contributed by atoms with Gasteiger partial charge in [0.25, 0.3) is 0 Å². The molecule has 0 saturated carbocycles. The maximum Gasteiger partial charge on any atom is 0.119 e. The van der Waals surface area contributed by atoms with Crippen LogP contribution in [0, 0.1) is 6.92 Å². The third-order valence-electron chi connectivity index (χ3n) is 4.00. The molecule has 2 heterocycles. The highest BCUT2D eigenvalue weighted by Crippen LogP contribution is 2.20. The molecule has 0 spiro atoms. The number of aromatic nitrogens is 2. The first-order chi connectivity index (χ1) is 10.2. The molecule has 1 saturated heterocycles. The van der Waals surface area contributed by atoms with E-state index in [4.69, 9.17) is 4.74 Å². The van der Waals surface area contributed by atoms with Gasteiger partial charge >= 0.3 is 0 Å². The first kappa shape index (κ1) is 14.1. The van der Waals surface area contributed by atoms with Gasteiger partial charge in [-0.2, -0.15) is 0 Å². The van der Waals surface area contributed by atoms with E-state index in [9.17, 15) is 0 Å². The zero-order valence-corrected chi connectivity index (χ0v) is 12.8. The maximum atomic E-state index is 6.07. The van der Waals surface area contributed by atoms with Crippen molar-refractivity contribution < 1.29 is 4.74 Å². The summed E-state index contributed by atoms with van der Waals surface area (Å²) < 4.78 is 8.07. The highest BCUT2D eigenvalue weighted by molar-refractivity contribution is 5.26. The van der Waals surface area contributed by atoms with Crippen LogP contribution in [0.5, 0.6) is 5.75 Å². The van der Waals surface area contributed by atoms with Gasteiger partial charge in [-0.3, -0.25) is 4.90 Å². The molecule has 1 fully saturated rings. The molecule has 112 valence electrons. The van der Waals surface area contributed by atoms with Crippen LogP contribution < -0.4 is 4.74 Å². The largest absolute Gasteiger partial charge is 0.490 e. The lowest BCUT2D eigenvalue weighted by atomic mass is 10.1. The Morgan fingerprint density at radius 2 is 1.90 bits per heavy atom. The number of ether oxygens (including phenoxy) is 1. The Morgan fingerprint density at radius 3 is 2.52 bits per heavy atom. The van der Waals surface area contributed by atoms with E-state index in [1.54, 1.807) is 0 Å². The summed E-state index contributed by atoms with van der Waals surface area (Å²) in [7, 11) is 2.01. The van der Waals surface area contributed by atoms with Crippen LogP contribution in [0.4, 0.5) is 0 Å². The maximum absolute atomic E-state index is 6.07. The number of likely N-dealkylation sites (tertiary alicyclic amines) is 1. The van der Waals surface area contributed by atoms with E-state index < -0.39 is 0 Å². The second kappa shape index (κ2) is 6.31. The Hall–Kier alpha value is -1.81. The molecule has 0 unspecified atom stereocenters.